The number of nitrogens with one attached hydrogen (secondary N) is 2. The molecule has 0 spiro atoms. The SMILES string of the molecule is CCC(CC)c1cc[nH]nccc(NC2CCCC2)n1.NCCOCCOCCOCCOCCN. The van der Waals surface area contributed by atoms with Crippen LogP contribution in [0.25, 0.3) is 0 Å². The Hall–Kier alpha value is -1.82. The van der Waals surface area contributed by atoms with E-state index in [1.54, 1.807) is 6.20 Å². The summed E-state index contributed by atoms with van der Waals surface area (Å²) >= 11 is 0. The summed E-state index contributed by atoms with van der Waals surface area (Å²) in [7, 11) is 0. The van der Waals surface area contributed by atoms with Crippen molar-refractivity contribution in [2.45, 2.75) is 64.3 Å². The molecule has 0 radical (unpaired) electrons. The highest BCUT2D eigenvalue weighted by molar-refractivity contribution is 5.34. The van der Waals surface area contributed by atoms with Crippen molar-refractivity contribution >= 4 is 5.82 Å². The lowest BCUT2D eigenvalue weighted by Crippen LogP contribution is -2.15. The quantitative estimate of drug-likeness (QED) is 0.219. The van der Waals surface area contributed by atoms with E-state index in [9.17, 15) is 0 Å². The molecule has 0 amide bonds. The molecule has 6 N–H and O–H groups in total. The molecule has 36 heavy (non-hydrogen) atoms. The minimum atomic E-state index is 0.500. The zero-order valence-corrected chi connectivity index (χ0v) is 22.5. The lowest BCUT2D eigenvalue weighted by molar-refractivity contribution is -0.000153. The summed E-state index contributed by atoms with van der Waals surface area (Å²) in [6.45, 7) is 10.2. The van der Waals surface area contributed by atoms with E-state index in [4.69, 9.17) is 35.4 Å². The van der Waals surface area contributed by atoms with Gasteiger partial charge in [0.1, 0.15) is 5.82 Å². The highest BCUT2D eigenvalue weighted by Crippen LogP contribution is 2.23. The first-order chi connectivity index (χ1) is 17.7. The first-order valence-electron chi connectivity index (χ1n) is 13.5. The summed E-state index contributed by atoms with van der Waals surface area (Å²) in [6, 6.07) is 4.57. The van der Waals surface area contributed by atoms with Crippen LogP contribution in [-0.2, 0) is 18.9 Å². The zero-order valence-electron chi connectivity index (χ0n) is 22.5. The van der Waals surface area contributed by atoms with Gasteiger partial charge in [-0.25, -0.2) is 4.98 Å². The van der Waals surface area contributed by atoms with Crippen LogP contribution in [0, 0.1) is 0 Å². The Kier molecular flexibility index (Phi) is 21.1. The second-order valence-electron chi connectivity index (χ2n) is 8.50. The summed E-state index contributed by atoms with van der Waals surface area (Å²) in [5.74, 6) is 1.44. The van der Waals surface area contributed by atoms with Gasteiger partial charge in [-0.3, -0.25) is 5.10 Å². The normalized spacial score (nSPS) is 13.4. The van der Waals surface area contributed by atoms with E-state index in [-0.39, 0.29) is 0 Å². The largest absolute Gasteiger partial charge is 0.378 e. The second kappa shape index (κ2) is 23.6. The topological polar surface area (TPSA) is 143 Å². The number of nitrogens with zero attached hydrogens (tertiary/aromatic N) is 2. The maximum absolute atomic E-state index is 5.26. The first-order valence-corrected chi connectivity index (χ1v) is 13.5. The molecule has 0 aliphatic heterocycles. The lowest BCUT2D eigenvalue weighted by atomic mass is 9.99. The summed E-state index contributed by atoms with van der Waals surface area (Å²) < 4.78 is 20.8. The van der Waals surface area contributed by atoms with E-state index in [1.165, 1.54) is 25.7 Å². The van der Waals surface area contributed by atoms with E-state index in [2.05, 4.69) is 29.4 Å². The maximum Gasteiger partial charge on any atom is 0.128 e. The molecule has 1 fully saturated rings. The fraction of sp³-hybridized carbons (Fsp3) is 0.769. The molecule has 208 valence electrons. The average Bonchev–Trinajstić information content (AvgIpc) is 3.43. The van der Waals surface area contributed by atoms with Crippen molar-refractivity contribution in [1.29, 1.82) is 0 Å². The lowest BCUT2D eigenvalue weighted by Gasteiger charge is -2.14. The smallest absolute Gasteiger partial charge is 0.128 e. The third-order valence-electron chi connectivity index (χ3n) is 5.71. The third kappa shape index (κ3) is 16.8. The van der Waals surface area contributed by atoms with Gasteiger partial charge in [-0.05, 0) is 31.7 Å². The Bertz CT molecular complexity index is 653. The van der Waals surface area contributed by atoms with E-state index in [0.717, 1.165) is 24.4 Å². The maximum atomic E-state index is 5.26. The number of hydrogen-bond acceptors (Lipinski definition) is 9. The number of H-pyrrole nitrogens is 1. The molecule has 0 unspecified atom stereocenters. The van der Waals surface area contributed by atoms with Crippen LogP contribution >= 0.6 is 0 Å². The van der Waals surface area contributed by atoms with Crippen LogP contribution in [0.3, 0.4) is 0 Å². The van der Waals surface area contributed by atoms with Crippen molar-refractivity contribution in [2.24, 2.45) is 11.5 Å². The fourth-order valence-corrected chi connectivity index (χ4v) is 3.75. The van der Waals surface area contributed by atoms with Crippen LogP contribution in [-0.4, -0.2) is 87.2 Å². The van der Waals surface area contributed by atoms with Crippen molar-refractivity contribution < 1.29 is 18.9 Å². The summed E-state index contributed by atoms with van der Waals surface area (Å²) in [5.41, 5.74) is 11.6. The molecular weight excluding hydrogens is 460 g/mol. The predicted molar refractivity (Wildman–Crippen MR) is 145 cm³/mol. The van der Waals surface area contributed by atoms with Gasteiger partial charge < -0.3 is 35.7 Å². The third-order valence-corrected chi connectivity index (χ3v) is 5.71. The van der Waals surface area contributed by atoms with Crippen molar-refractivity contribution in [3.8, 4) is 0 Å². The Morgan fingerprint density at radius 3 is 1.89 bits per heavy atom. The van der Waals surface area contributed by atoms with Crippen molar-refractivity contribution in [1.82, 2.24) is 15.2 Å². The van der Waals surface area contributed by atoms with Crippen LogP contribution in [0.5, 0.6) is 0 Å². The number of aromatic nitrogens is 3. The molecule has 10 nitrogen and oxygen atoms in total. The van der Waals surface area contributed by atoms with Crippen molar-refractivity contribution in [3.63, 3.8) is 0 Å². The van der Waals surface area contributed by atoms with Gasteiger partial charge in [-0.2, -0.15) is 5.10 Å². The van der Waals surface area contributed by atoms with E-state index < -0.39 is 0 Å². The summed E-state index contributed by atoms with van der Waals surface area (Å²) in [4.78, 5) is 4.85. The molecule has 0 atom stereocenters. The minimum absolute atomic E-state index is 0.500. The number of anilines is 1. The number of rotatable bonds is 18. The van der Waals surface area contributed by atoms with Crippen LogP contribution in [0.4, 0.5) is 5.82 Å². The van der Waals surface area contributed by atoms with Gasteiger partial charge in [0.15, 0.2) is 0 Å². The van der Waals surface area contributed by atoms with Crippen molar-refractivity contribution in [2.75, 3.05) is 71.3 Å². The molecule has 0 aromatic carbocycles. The Balaban J connectivity index is 0.000000371. The molecule has 0 saturated heterocycles. The number of nitrogens with two attached hydrogens (primary N) is 2. The minimum Gasteiger partial charge on any atom is -0.378 e. The standard InChI is InChI=1S/C16H26N4.C10H24N2O4/c1-3-13(4-2)15-9-11-17-18-12-10-16(20-15)19-14-7-5-6-8-14;11-1-3-13-5-7-15-9-10-16-8-6-14-4-2-12/h9-14,17,19H,3-8H2,1-2H3;1-12H2. The predicted octanol–water partition coefficient (Wildman–Crippen LogP) is 3.16. The average molecular weight is 511 g/mol. The number of hydrogen-bond donors (Lipinski definition) is 4. The van der Waals surface area contributed by atoms with Gasteiger partial charge in [0.2, 0.25) is 0 Å². The summed E-state index contributed by atoms with van der Waals surface area (Å²) in [6.07, 6.45) is 11.0. The molecule has 10 heteroatoms. The number of ether oxygens (including phenoxy) is 4. The molecule has 0 bridgehead atoms. The van der Waals surface area contributed by atoms with Gasteiger partial charge in [-0.15, -0.1) is 0 Å². The fourth-order valence-electron chi connectivity index (χ4n) is 3.75. The van der Waals surface area contributed by atoms with Crippen LogP contribution in [0.15, 0.2) is 24.5 Å². The van der Waals surface area contributed by atoms with E-state index in [1.807, 2.05) is 18.3 Å². The molecule has 1 aliphatic rings. The van der Waals surface area contributed by atoms with Crippen molar-refractivity contribution in [3.05, 3.63) is 30.2 Å². The van der Waals surface area contributed by atoms with Gasteiger partial charge in [-0.1, -0.05) is 26.7 Å². The molecule has 2 rings (SSSR count). The molecular formula is C26H50N6O4. The molecule has 1 saturated carbocycles. The van der Waals surface area contributed by atoms with E-state index in [0.29, 0.717) is 77.9 Å². The molecule has 1 aromatic rings. The zero-order chi connectivity index (χ0) is 26.1. The van der Waals surface area contributed by atoms with Crippen LogP contribution in [0.1, 0.15) is 64.0 Å². The van der Waals surface area contributed by atoms with Crippen LogP contribution in [0.2, 0.25) is 0 Å². The molecule has 1 heterocycles. The number of aromatic amines is 1. The van der Waals surface area contributed by atoms with E-state index >= 15 is 0 Å². The van der Waals surface area contributed by atoms with Gasteiger partial charge >= 0.3 is 0 Å². The second-order valence-corrected chi connectivity index (χ2v) is 8.50. The van der Waals surface area contributed by atoms with Crippen LogP contribution < -0.4 is 16.8 Å². The van der Waals surface area contributed by atoms with Gasteiger partial charge in [0, 0.05) is 43.0 Å². The Labute approximate surface area is 217 Å². The van der Waals surface area contributed by atoms with Gasteiger partial charge in [0.25, 0.3) is 0 Å². The Morgan fingerprint density at radius 1 is 0.861 bits per heavy atom. The Morgan fingerprint density at radius 2 is 1.39 bits per heavy atom. The molecule has 1 aliphatic carbocycles. The van der Waals surface area contributed by atoms with Gasteiger partial charge in [0.05, 0.1) is 59.1 Å². The first kappa shape index (κ1) is 32.2. The molecule has 1 aromatic heterocycles. The highest BCUT2D eigenvalue weighted by Gasteiger charge is 2.15. The summed E-state index contributed by atoms with van der Waals surface area (Å²) in [5, 5.41) is 10.6. The monoisotopic (exact) mass is 510 g/mol. The highest BCUT2D eigenvalue weighted by atomic mass is 16.6.